The normalized spacial score (nSPS) is 14.6. The lowest BCUT2D eigenvalue weighted by Gasteiger charge is -2.34. The first-order chi connectivity index (χ1) is 16.0. The molecule has 1 aliphatic rings. The van der Waals surface area contributed by atoms with Crippen molar-refractivity contribution < 1.29 is 9.53 Å². The Labute approximate surface area is 204 Å². The second-order valence-electron chi connectivity index (χ2n) is 8.35. The SMILES string of the molecule is COc1ccc(C)c2sc(N3CCN(CCNC(=O)CCSc4ccc(C)cc4)CC3)nc12. The van der Waals surface area contributed by atoms with Gasteiger partial charge in [-0.2, -0.15) is 0 Å². The highest BCUT2D eigenvalue weighted by Gasteiger charge is 2.21. The lowest BCUT2D eigenvalue weighted by atomic mass is 10.2. The molecule has 1 aromatic heterocycles. The molecule has 0 spiro atoms. The first-order valence-electron chi connectivity index (χ1n) is 11.4. The fourth-order valence-corrected chi connectivity index (χ4v) is 5.85. The Balaban J connectivity index is 1.17. The van der Waals surface area contributed by atoms with E-state index < -0.39 is 0 Å². The number of hydrogen-bond acceptors (Lipinski definition) is 7. The van der Waals surface area contributed by atoms with Gasteiger partial charge in [-0.1, -0.05) is 35.1 Å². The number of ether oxygens (including phenoxy) is 1. The number of thioether (sulfide) groups is 1. The number of anilines is 1. The van der Waals surface area contributed by atoms with Crippen LogP contribution in [0.25, 0.3) is 10.2 Å². The number of methoxy groups -OCH3 is 1. The minimum atomic E-state index is 0.132. The Morgan fingerprint density at radius 3 is 2.61 bits per heavy atom. The number of aryl methyl sites for hydroxylation is 2. The van der Waals surface area contributed by atoms with Crippen LogP contribution in [0.15, 0.2) is 41.3 Å². The van der Waals surface area contributed by atoms with Crippen LogP contribution in [0.1, 0.15) is 17.5 Å². The van der Waals surface area contributed by atoms with Gasteiger partial charge in [0.25, 0.3) is 0 Å². The van der Waals surface area contributed by atoms with Crippen LogP contribution >= 0.6 is 23.1 Å². The molecule has 0 saturated carbocycles. The number of aromatic nitrogens is 1. The summed E-state index contributed by atoms with van der Waals surface area (Å²) in [6, 6.07) is 12.5. The average molecular weight is 485 g/mol. The summed E-state index contributed by atoms with van der Waals surface area (Å²) in [7, 11) is 1.70. The molecule has 6 nitrogen and oxygen atoms in total. The number of piperazine rings is 1. The van der Waals surface area contributed by atoms with Gasteiger partial charge in [-0.25, -0.2) is 4.98 Å². The Kier molecular flexibility index (Phi) is 8.11. The Bertz CT molecular complexity index is 1080. The molecule has 0 radical (unpaired) electrons. The van der Waals surface area contributed by atoms with Crippen molar-refractivity contribution in [2.45, 2.75) is 25.2 Å². The molecule has 1 aliphatic heterocycles. The molecule has 1 N–H and O–H groups in total. The highest BCUT2D eigenvalue weighted by Crippen LogP contribution is 2.36. The zero-order valence-electron chi connectivity index (χ0n) is 19.6. The molecule has 1 amide bonds. The molecule has 2 aromatic carbocycles. The van der Waals surface area contributed by atoms with E-state index in [-0.39, 0.29) is 5.91 Å². The van der Waals surface area contributed by atoms with Crippen LogP contribution < -0.4 is 15.0 Å². The molecule has 8 heteroatoms. The number of amides is 1. The molecular weight excluding hydrogens is 452 g/mol. The third-order valence-electron chi connectivity index (χ3n) is 5.92. The third-order valence-corrected chi connectivity index (χ3v) is 8.19. The summed E-state index contributed by atoms with van der Waals surface area (Å²) in [4.78, 5) is 23.0. The topological polar surface area (TPSA) is 57.7 Å². The first-order valence-corrected chi connectivity index (χ1v) is 13.2. The van der Waals surface area contributed by atoms with Crippen LogP contribution in [0.2, 0.25) is 0 Å². The molecule has 33 heavy (non-hydrogen) atoms. The number of hydrogen-bond donors (Lipinski definition) is 1. The van der Waals surface area contributed by atoms with Crippen molar-refractivity contribution in [2.24, 2.45) is 0 Å². The molecular formula is C25H32N4O2S2. The van der Waals surface area contributed by atoms with Gasteiger partial charge >= 0.3 is 0 Å². The van der Waals surface area contributed by atoms with E-state index in [1.807, 2.05) is 6.07 Å². The van der Waals surface area contributed by atoms with Crippen molar-refractivity contribution in [1.82, 2.24) is 15.2 Å². The van der Waals surface area contributed by atoms with E-state index in [2.05, 4.69) is 59.3 Å². The van der Waals surface area contributed by atoms with Crippen molar-refractivity contribution in [3.63, 3.8) is 0 Å². The van der Waals surface area contributed by atoms with Gasteiger partial charge in [0, 0.05) is 56.3 Å². The maximum atomic E-state index is 12.2. The minimum Gasteiger partial charge on any atom is -0.494 e. The quantitative estimate of drug-likeness (QED) is 0.456. The smallest absolute Gasteiger partial charge is 0.220 e. The zero-order valence-corrected chi connectivity index (χ0v) is 21.2. The van der Waals surface area contributed by atoms with Crippen LogP contribution in [0.3, 0.4) is 0 Å². The van der Waals surface area contributed by atoms with Gasteiger partial charge in [0.1, 0.15) is 11.3 Å². The van der Waals surface area contributed by atoms with Crippen molar-refractivity contribution >= 4 is 44.4 Å². The number of carbonyl (C=O) groups is 1. The maximum Gasteiger partial charge on any atom is 0.220 e. The second kappa shape index (κ2) is 11.2. The lowest BCUT2D eigenvalue weighted by molar-refractivity contribution is -0.120. The first kappa shape index (κ1) is 23.9. The van der Waals surface area contributed by atoms with E-state index in [1.54, 1.807) is 30.2 Å². The number of thiazole rings is 1. The van der Waals surface area contributed by atoms with E-state index in [1.165, 1.54) is 20.7 Å². The van der Waals surface area contributed by atoms with Crippen molar-refractivity contribution in [1.29, 1.82) is 0 Å². The summed E-state index contributed by atoms with van der Waals surface area (Å²) in [5.41, 5.74) is 3.46. The molecule has 4 rings (SSSR count). The molecule has 176 valence electrons. The summed E-state index contributed by atoms with van der Waals surface area (Å²) in [5, 5.41) is 4.14. The van der Waals surface area contributed by atoms with Crippen molar-refractivity contribution in [2.75, 3.05) is 57.0 Å². The summed E-state index contributed by atoms with van der Waals surface area (Å²) in [5.74, 6) is 1.77. The summed E-state index contributed by atoms with van der Waals surface area (Å²) < 4.78 is 6.70. The van der Waals surface area contributed by atoms with Crippen LogP contribution in [-0.4, -0.2) is 67.9 Å². The Morgan fingerprint density at radius 1 is 1.12 bits per heavy atom. The van der Waals surface area contributed by atoms with E-state index in [0.717, 1.165) is 54.9 Å². The number of fused-ring (bicyclic) bond motifs is 1. The standard InChI is InChI=1S/C25H32N4O2S2/c1-18-4-7-20(8-5-18)32-17-10-22(30)26-11-12-28-13-15-29(16-14-28)25-27-23-21(31-3)9-6-19(2)24(23)33-25/h4-9H,10-17H2,1-3H3,(H,26,30). The monoisotopic (exact) mass is 484 g/mol. The van der Waals surface area contributed by atoms with Gasteiger partial charge < -0.3 is 15.0 Å². The van der Waals surface area contributed by atoms with E-state index in [0.29, 0.717) is 13.0 Å². The molecule has 3 aromatic rings. The van der Waals surface area contributed by atoms with E-state index in [9.17, 15) is 4.79 Å². The minimum absolute atomic E-state index is 0.132. The molecule has 0 unspecified atom stereocenters. The largest absolute Gasteiger partial charge is 0.494 e. The number of carbonyl (C=O) groups excluding carboxylic acids is 1. The Hall–Kier alpha value is -2.29. The molecule has 2 heterocycles. The van der Waals surface area contributed by atoms with Crippen molar-refractivity contribution in [3.05, 3.63) is 47.5 Å². The predicted octanol–water partition coefficient (Wildman–Crippen LogP) is 4.34. The van der Waals surface area contributed by atoms with Crippen LogP contribution in [-0.2, 0) is 4.79 Å². The molecule has 0 atom stereocenters. The Morgan fingerprint density at radius 2 is 1.88 bits per heavy atom. The lowest BCUT2D eigenvalue weighted by Crippen LogP contribution is -2.48. The third kappa shape index (κ3) is 6.19. The maximum absolute atomic E-state index is 12.2. The van der Waals surface area contributed by atoms with Gasteiger partial charge in [0.05, 0.1) is 11.8 Å². The van der Waals surface area contributed by atoms with E-state index in [4.69, 9.17) is 9.72 Å². The van der Waals surface area contributed by atoms with Gasteiger partial charge in [-0.15, -0.1) is 11.8 Å². The van der Waals surface area contributed by atoms with Gasteiger partial charge in [-0.3, -0.25) is 9.69 Å². The zero-order chi connectivity index (χ0) is 23.2. The van der Waals surface area contributed by atoms with E-state index >= 15 is 0 Å². The molecule has 1 saturated heterocycles. The average Bonchev–Trinajstić information content (AvgIpc) is 3.28. The summed E-state index contributed by atoms with van der Waals surface area (Å²) in [6.45, 7) is 9.64. The summed E-state index contributed by atoms with van der Waals surface area (Å²) >= 11 is 3.48. The molecule has 0 bridgehead atoms. The highest BCUT2D eigenvalue weighted by molar-refractivity contribution is 7.99. The number of rotatable bonds is 9. The van der Waals surface area contributed by atoms with Crippen LogP contribution in [0.5, 0.6) is 5.75 Å². The molecule has 0 aliphatic carbocycles. The fraction of sp³-hybridized carbons (Fsp3) is 0.440. The van der Waals surface area contributed by atoms with Gasteiger partial charge in [0.15, 0.2) is 5.13 Å². The number of nitrogens with zero attached hydrogens (tertiary/aromatic N) is 3. The summed E-state index contributed by atoms with van der Waals surface area (Å²) in [6.07, 6.45) is 0.548. The highest BCUT2D eigenvalue weighted by atomic mass is 32.2. The van der Waals surface area contributed by atoms with Crippen molar-refractivity contribution in [3.8, 4) is 5.75 Å². The van der Waals surface area contributed by atoms with Gasteiger partial charge in [0.2, 0.25) is 5.91 Å². The fourth-order valence-electron chi connectivity index (χ4n) is 3.90. The number of nitrogens with one attached hydrogen (secondary N) is 1. The van der Waals surface area contributed by atoms with Crippen LogP contribution in [0.4, 0.5) is 5.13 Å². The second-order valence-corrected chi connectivity index (χ2v) is 10.5. The molecule has 1 fully saturated rings. The predicted molar refractivity (Wildman–Crippen MR) is 139 cm³/mol. The van der Waals surface area contributed by atoms with Crippen LogP contribution in [0, 0.1) is 13.8 Å². The number of benzene rings is 2. The van der Waals surface area contributed by atoms with Gasteiger partial charge in [-0.05, 0) is 37.6 Å².